The number of halogens is 3. The molecule has 1 rings (SSSR count). The molecule has 0 aliphatic heterocycles. The average molecular weight is 345 g/mol. The van der Waals surface area contributed by atoms with Gasteiger partial charge in [0.1, 0.15) is 5.02 Å². The van der Waals surface area contributed by atoms with Crippen LogP contribution in [0.2, 0.25) is 10.0 Å². The van der Waals surface area contributed by atoms with E-state index in [-0.39, 0.29) is 0 Å². The van der Waals surface area contributed by atoms with Gasteiger partial charge in [0, 0.05) is 0 Å². The van der Waals surface area contributed by atoms with Gasteiger partial charge in [-0.3, -0.25) is 9.59 Å². The maximum absolute atomic E-state index is 11.6. The number of carbonyl (C=O) groups excluding carboxylic acids is 1. The molecule has 0 fully saturated rings. The van der Waals surface area contributed by atoms with Crippen molar-refractivity contribution in [3.8, 4) is 0 Å². The maximum atomic E-state index is 11.6. The second kappa shape index (κ2) is 5.11. The van der Waals surface area contributed by atoms with E-state index in [4.69, 9.17) is 23.2 Å². The summed E-state index contributed by atoms with van der Waals surface area (Å²) in [6.45, 7) is 1.18. The second-order valence-electron chi connectivity index (χ2n) is 2.90. The number of hydrogen-bond donors (Lipinski definition) is 0. The number of alkyl halides is 1. The van der Waals surface area contributed by atoms with Crippen molar-refractivity contribution in [3.63, 3.8) is 0 Å². The zero-order valence-corrected chi connectivity index (χ0v) is 11.3. The largest absolute Gasteiger partial charge is 0.408 e. The first-order valence-corrected chi connectivity index (χ1v) is 5.71. The lowest BCUT2D eigenvalue weighted by Crippen LogP contribution is -2.29. The minimum atomic E-state index is -1.14. The first-order valence-electron chi connectivity index (χ1n) is 4.04. The van der Waals surface area contributed by atoms with E-state index in [1.54, 1.807) is 0 Å². The van der Waals surface area contributed by atoms with Crippen LogP contribution in [0, 0.1) is 10.1 Å². The Morgan fingerprint density at radius 1 is 1.53 bits per heavy atom. The van der Waals surface area contributed by atoms with Gasteiger partial charge < -0.3 is 10.1 Å². The summed E-state index contributed by atoms with van der Waals surface area (Å²) in [4.78, 5) is 31.3. The molecule has 0 saturated heterocycles. The zero-order valence-electron chi connectivity index (χ0n) is 8.19. The number of rotatable bonds is 3. The highest BCUT2D eigenvalue weighted by atomic mass is 79.9. The summed E-state index contributed by atoms with van der Waals surface area (Å²) < 4.78 is 0.564. The molecule has 1 aromatic rings. The van der Waals surface area contributed by atoms with Gasteiger partial charge in [-0.15, -0.1) is 4.68 Å². The minimum Gasteiger partial charge on any atom is -0.358 e. The van der Waals surface area contributed by atoms with Crippen molar-refractivity contribution in [1.82, 2.24) is 9.78 Å². The Hall–Kier alpha value is -0.990. The molecule has 7 nitrogen and oxygen atoms in total. The highest BCUT2D eigenvalue weighted by molar-refractivity contribution is 9.09. The van der Waals surface area contributed by atoms with Crippen molar-refractivity contribution >= 4 is 50.7 Å². The fraction of sp³-hybridized carbons (Fsp3) is 0.286. The van der Waals surface area contributed by atoms with Gasteiger partial charge in [-0.25, -0.2) is 0 Å². The van der Waals surface area contributed by atoms with E-state index < -0.39 is 37.1 Å². The summed E-state index contributed by atoms with van der Waals surface area (Å²) in [6, 6.07) is 0. The second-order valence-corrected chi connectivity index (χ2v) is 4.53. The van der Waals surface area contributed by atoms with Crippen LogP contribution in [0.4, 0.5) is 5.82 Å². The van der Waals surface area contributed by atoms with E-state index in [1.807, 2.05) is 0 Å². The van der Waals surface area contributed by atoms with Crippen molar-refractivity contribution in [1.29, 1.82) is 0 Å². The van der Waals surface area contributed by atoms with Gasteiger partial charge in [-0.05, 0) is 11.8 Å². The van der Waals surface area contributed by atoms with Crippen molar-refractivity contribution in [2.75, 3.05) is 0 Å². The Morgan fingerprint density at radius 2 is 2.06 bits per heavy atom. The fourth-order valence-corrected chi connectivity index (χ4v) is 1.56. The number of nitro groups is 1. The number of nitrogens with zero attached hydrogens (tertiary/aromatic N) is 3. The van der Waals surface area contributed by atoms with Gasteiger partial charge in [0.2, 0.25) is 0 Å². The zero-order chi connectivity index (χ0) is 13.3. The number of hydrogen-bond acceptors (Lipinski definition) is 5. The molecule has 1 aromatic heterocycles. The Balaban J connectivity index is 3.59. The molecule has 1 atom stereocenters. The van der Waals surface area contributed by atoms with Crippen LogP contribution in [0.1, 0.15) is 11.9 Å². The van der Waals surface area contributed by atoms with Gasteiger partial charge in [0.25, 0.3) is 0 Å². The molecule has 92 valence electrons. The molecule has 0 spiro atoms. The molecule has 0 amide bonds. The molecule has 0 aliphatic rings. The molecule has 0 radical (unpaired) electrons. The molecule has 0 bridgehead atoms. The molecule has 1 unspecified atom stereocenters. The topological polar surface area (TPSA) is 95.1 Å². The normalized spacial score (nSPS) is 12.2. The van der Waals surface area contributed by atoms with Crippen molar-refractivity contribution in [2.45, 2.75) is 11.9 Å². The maximum Gasteiger partial charge on any atom is 0.408 e. The summed E-state index contributed by atoms with van der Waals surface area (Å²) in [5, 5.41) is 12.9. The first kappa shape index (κ1) is 14.1. The predicted octanol–water partition coefficient (Wildman–Crippen LogP) is 1.94. The lowest BCUT2D eigenvalue weighted by Gasteiger charge is -2.05. The van der Waals surface area contributed by atoms with E-state index in [9.17, 15) is 19.7 Å². The molecule has 0 aliphatic carbocycles. The molecule has 17 heavy (non-hydrogen) atoms. The highest BCUT2D eigenvalue weighted by Gasteiger charge is 2.28. The number of Topliss-reactive ketones (excluding diaryl/α,β-unsaturated/α-hetero) is 1. The Morgan fingerprint density at radius 3 is 2.47 bits per heavy atom. The summed E-state index contributed by atoms with van der Waals surface area (Å²) in [5.74, 6) is -1.26. The van der Waals surface area contributed by atoms with Crippen LogP contribution in [0.25, 0.3) is 0 Å². The Kier molecular flexibility index (Phi) is 4.23. The molecular weight excluding hydrogens is 341 g/mol. The van der Waals surface area contributed by atoms with Gasteiger partial charge in [0.15, 0.2) is 15.8 Å². The lowest BCUT2D eigenvalue weighted by atomic mass is 10.4. The third-order valence-corrected chi connectivity index (χ3v) is 3.55. The van der Waals surface area contributed by atoms with Crippen LogP contribution in [-0.2, 0) is 4.79 Å². The number of carbonyl (C=O) groups is 1. The van der Waals surface area contributed by atoms with Crippen molar-refractivity contribution in [2.24, 2.45) is 0 Å². The van der Waals surface area contributed by atoms with Crippen LogP contribution >= 0.6 is 39.1 Å². The quantitative estimate of drug-likeness (QED) is 0.474. The number of ketones is 1. The third kappa shape index (κ3) is 2.64. The van der Waals surface area contributed by atoms with Crippen LogP contribution in [0.5, 0.6) is 0 Å². The fourth-order valence-electron chi connectivity index (χ4n) is 0.926. The first-order chi connectivity index (χ1) is 7.77. The Bertz CT molecular complexity index is 559. The van der Waals surface area contributed by atoms with E-state index >= 15 is 0 Å². The molecule has 1 heterocycles. The van der Waals surface area contributed by atoms with Crippen molar-refractivity contribution in [3.05, 3.63) is 30.5 Å². The van der Waals surface area contributed by atoms with Crippen LogP contribution in [-0.4, -0.2) is 20.5 Å². The predicted molar refractivity (Wildman–Crippen MR) is 63.8 cm³/mol. The van der Waals surface area contributed by atoms with E-state index in [2.05, 4.69) is 21.0 Å². The SMILES string of the molecule is CC(=O)C(Br)n1nc([N+](=O)[O-])c(Cl)c(Cl)c1=O. The molecule has 0 aromatic carbocycles. The summed E-state index contributed by atoms with van der Waals surface area (Å²) in [5.41, 5.74) is -0.889. The average Bonchev–Trinajstić information content (AvgIpc) is 2.24. The molecule has 10 heteroatoms. The van der Waals surface area contributed by atoms with Crippen LogP contribution < -0.4 is 5.56 Å². The molecule has 0 N–H and O–H groups in total. The van der Waals surface area contributed by atoms with Crippen LogP contribution in [0.3, 0.4) is 0 Å². The Labute approximate surface area is 113 Å². The van der Waals surface area contributed by atoms with Crippen LogP contribution in [0.15, 0.2) is 4.79 Å². The highest BCUT2D eigenvalue weighted by Crippen LogP contribution is 2.27. The van der Waals surface area contributed by atoms with E-state index in [0.717, 1.165) is 0 Å². The molecule has 0 saturated carbocycles. The number of aromatic nitrogens is 2. The summed E-state index contributed by atoms with van der Waals surface area (Å²) >= 11 is 13.9. The van der Waals surface area contributed by atoms with Gasteiger partial charge in [0.05, 0.1) is 5.10 Å². The third-order valence-electron chi connectivity index (χ3n) is 1.71. The standard InChI is InChI=1S/C7H4BrCl2N3O4/c1-2(14)5(8)12-7(15)4(10)3(9)6(11-12)13(16)17/h5H,1H3. The molecular formula is C7H4BrCl2N3O4. The van der Waals surface area contributed by atoms with E-state index in [1.165, 1.54) is 6.92 Å². The van der Waals surface area contributed by atoms with Crippen molar-refractivity contribution < 1.29 is 9.72 Å². The summed E-state index contributed by atoms with van der Waals surface area (Å²) in [7, 11) is 0. The van der Waals surface area contributed by atoms with Gasteiger partial charge in [-0.1, -0.05) is 39.1 Å². The monoisotopic (exact) mass is 343 g/mol. The smallest absolute Gasteiger partial charge is 0.358 e. The minimum absolute atomic E-state index is 0.465. The summed E-state index contributed by atoms with van der Waals surface area (Å²) in [6.07, 6.45) is 0. The lowest BCUT2D eigenvalue weighted by molar-refractivity contribution is -0.390. The van der Waals surface area contributed by atoms with Gasteiger partial charge in [-0.2, -0.15) is 0 Å². The van der Waals surface area contributed by atoms with Gasteiger partial charge >= 0.3 is 11.4 Å². The van der Waals surface area contributed by atoms with E-state index in [0.29, 0.717) is 4.68 Å².